The number of phenolic OH excluding ortho intramolecular Hbond substituents is 1. The number of phenols is 1. The van der Waals surface area contributed by atoms with Crippen LogP contribution in [0.5, 0.6) is 5.75 Å². The van der Waals surface area contributed by atoms with Gasteiger partial charge < -0.3 is 25.4 Å². The Hall–Kier alpha value is -1.70. The molecule has 0 spiro atoms. The molecule has 3 N–H and O–H groups in total. The molecule has 1 atom stereocenters. The van der Waals surface area contributed by atoms with E-state index < -0.39 is 17.6 Å². The van der Waals surface area contributed by atoms with Gasteiger partial charge in [-0.2, -0.15) is 0 Å². The second-order valence-corrected chi connectivity index (χ2v) is 6.63. The van der Waals surface area contributed by atoms with Crippen molar-refractivity contribution in [1.29, 1.82) is 0 Å². The van der Waals surface area contributed by atoms with E-state index in [0.717, 1.165) is 19.4 Å². The van der Waals surface area contributed by atoms with Crippen molar-refractivity contribution in [2.45, 2.75) is 31.3 Å². The number of hydrogen-bond acceptors (Lipinski definition) is 5. The first-order chi connectivity index (χ1) is 11.9. The molecule has 0 aliphatic carbocycles. The zero-order chi connectivity index (χ0) is 18.4. The molecule has 7 heteroatoms. The molecule has 1 aromatic rings. The Labute approximate surface area is 148 Å². The summed E-state index contributed by atoms with van der Waals surface area (Å²) in [5, 5.41) is 9.22. The van der Waals surface area contributed by atoms with Crippen molar-refractivity contribution in [1.82, 2.24) is 9.80 Å². The molecule has 1 aromatic carbocycles. The summed E-state index contributed by atoms with van der Waals surface area (Å²) in [6.07, 6.45) is 2.07. The predicted molar refractivity (Wildman–Crippen MR) is 93.9 cm³/mol. The predicted octanol–water partition coefficient (Wildman–Crippen LogP) is 0.970. The van der Waals surface area contributed by atoms with Gasteiger partial charge in [-0.25, -0.2) is 4.39 Å². The number of aromatic hydroxyl groups is 1. The number of hydrogen-bond donors (Lipinski definition) is 2. The number of nitrogens with two attached hydrogens (primary N) is 1. The summed E-state index contributed by atoms with van der Waals surface area (Å²) < 4.78 is 18.5. The first kappa shape index (κ1) is 19.6. The van der Waals surface area contributed by atoms with E-state index in [-0.39, 0.29) is 12.3 Å². The van der Waals surface area contributed by atoms with Gasteiger partial charge in [0.05, 0.1) is 12.6 Å². The number of benzene rings is 1. The van der Waals surface area contributed by atoms with Crippen molar-refractivity contribution in [2.75, 3.05) is 40.4 Å². The highest BCUT2D eigenvalue weighted by Gasteiger charge is 2.28. The highest BCUT2D eigenvalue weighted by molar-refractivity contribution is 5.82. The third-order valence-electron chi connectivity index (χ3n) is 4.83. The number of amides is 1. The summed E-state index contributed by atoms with van der Waals surface area (Å²) in [4.78, 5) is 16.6. The molecule has 0 radical (unpaired) electrons. The van der Waals surface area contributed by atoms with Gasteiger partial charge >= 0.3 is 0 Å². The van der Waals surface area contributed by atoms with E-state index >= 15 is 0 Å². The fourth-order valence-electron chi connectivity index (χ4n) is 3.20. The maximum atomic E-state index is 13.4. The maximum absolute atomic E-state index is 13.4. The molecule has 1 unspecified atom stereocenters. The molecule has 1 heterocycles. The number of methoxy groups -OCH3 is 1. The van der Waals surface area contributed by atoms with Crippen LogP contribution in [0.15, 0.2) is 18.2 Å². The van der Waals surface area contributed by atoms with Gasteiger partial charge in [-0.3, -0.25) is 4.79 Å². The second kappa shape index (κ2) is 9.12. The van der Waals surface area contributed by atoms with Crippen molar-refractivity contribution >= 4 is 5.91 Å². The Balaban J connectivity index is 1.83. The number of likely N-dealkylation sites (tertiary alicyclic amines) is 1. The van der Waals surface area contributed by atoms with Crippen molar-refractivity contribution in [3.05, 3.63) is 29.6 Å². The van der Waals surface area contributed by atoms with E-state index in [1.165, 1.54) is 12.1 Å². The summed E-state index contributed by atoms with van der Waals surface area (Å²) in [5.74, 6) is -1.20. The Bertz CT molecular complexity index is 577. The quantitative estimate of drug-likeness (QED) is 0.764. The molecule has 6 nitrogen and oxygen atoms in total. The summed E-state index contributed by atoms with van der Waals surface area (Å²) in [6, 6.07) is 3.83. The summed E-state index contributed by atoms with van der Waals surface area (Å²) in [6.45, 7) is 2.93. The van der Waals surface area contributed by atoms with Gasteiger partial charge in [-0.05, 0) is 44.0 Å². The van der Waals surface area contributed by atoms with E-state index in [0.29, 0.717) is 31.3 Å². The van der Waals surface area contributed by atoms with Crippen LogP contribution in [0.2, 0.25) is 0 Å². The largest absolute Gasteiger partial charge is 0.505 e. The molecule has 0 bridgehead atoms. The van der Waals surface area contributed by atoms with Crippen LogP contribution in [-0.4, -0.2) is 73.3 Å². The third kappa shape index (κ3) is 5.39. The van der Waals surface area contributed by atoms with Crippen LogP contribution in [-0.2, 0) is 16.0 Å². The van der Waals surface area contributed by atoms with Crippen LogP contribution in [0.1, 0.15) is 18.4 Å². The molecule has 0 saturated carbocycles. The molecular weight excluding hydrogens is 325 g/mol. The minimum absolute atomic E-state index is 0.105. The fraction of sp³-hybridized carbons (Fsp3) is 0.611. The zero-order valence-electron chi connectivity index (χ0n) is 14.9. The lowest BCUT2D eigenvalue weighted by atomic mass is 10.0. The topological polar surface area (TPSA) is 79.0 Å². The highest BCUT2D eigenvalue weighted by atomic mass is 19.1. The zero-order valence-corrected chi connectivity index (χ0v) is 14.9. The van der Waals surface area contributed by atoms with Crippen LogP contribution >= 0.6 is 0 Å². The van der Waals surface area contributed by atoms with Crippen LogP contribution in [0.4, 0.5) is 4.39 Å². The van der Waals surface area contributed by atoms with Crippen LogP contribution in [0.25, 0.3) is 0 Å². The molecule has 1 aliphatic heterocycles. The summed E-state index contributed by atoms with van der Waals surface area (Å²) in [5.41, 5.74) is 6.63. The second-order valence-electron chi connectivity index (χ2n) is 6.63. The number of ether oxygens (including phenoxy) is 1. The number of likely N-dealkylation sites (N-methyl/N-ethyl adjacent to an activating group) is 1. The molecule has 25 heavy (non-hydrogen) atoms. The van der Waals surface area contributed by atoms with E-state index in [1.54, 1.807) is 18.1 Å². The van der Waals surface area contributed by atoms with E-state index in [9.17, 15) is 14.3 Å². The van der Waals surface area contributed by atoms with Crippen molar-refractivity contribution in [3.8, 4) is 5.75 Å². The number of nitrogens with zero attached hydrogens (tertiary/aromatic N) is 2. The lowest BCUT2D eigenvalue weighted by Crippen LogP contribution is -2.51. The third-order valence-corrected chi connectivity index (χ3v) is 4.83. The number of carbonyl (C=O) groups is 1. The van der Waals surface area contributed by atoms with Crippen molar-refractivity contribution in [2.24, 2.45) is 5.73 Å². The minimum atomic E-state index is -0.702. The highest BCUT2D eigenvalue weighted by Crippen LogP contribution is 2.19. The normalized spacial score (nSPS) is 17.1. The monoisotopic (exact) mass is 353 g/mol. The molecule has 1 fully saturated rings. The summed E-state index contributed by atoms with van der Waals surface area (Å²) >= 11 is 0. The molecule has 2 rings (SSSR count). The average Bonchev–Trinajstić information content (AvgIpc) is 2.62. The van der Waals surface area contributed by atoms with E-state index in [1.807, 2.05) is 0 Å². The van der Waals surface area contributed by atoms with E-state index in [2.05, 4.69) is 11.9 Å². The lowest BCUT2D eigenvalue weighted by molar-refractivity contribution is -0.134. The average molecular weight is 353 g/mol. The van der Waals surface area contributed by atoms with Gasteiger partial charge in [-0.15, -0.1) is 0 Å². The van der Waals surface area contributed by atoms with Crippen molar-refractivity contribution < 1.29 is 19.0 Å². The Kier molecular flexibility index (Phi) is 7.16. The Morgan fingerprint density at radius 2 is 2.16 bits per heavy atom. The molecule has 0 aromatic heterocycles. The van der Waals surface area contributed by atoms with Gasteiger partial charge in [0, 0.05) is 32.8 Å². The molecule has 1 saturated heterocycles. The van der Waals surface area contributed by atoms with Gasteiger partial charge in [-0.1, -0.05) is 6.07 Å². The first-order valence-electron chi connectivity index (χ1n) is 8.63. The smallest absolute Gasteiger partial charge is 0.239 e. The SMILES string of the molecule is COCCN(C)C1CCN(C(=O)C(N)Cc2ccc(O)c(F)c2)CC1. The van der Waals surface area contributed by atoms with E-state index in [4.69, 9.17) is 10.5 Å². The Morgan fingerprint density at radius 1 is 1.48 bits per heavy atom. The standard InChI is InChI=1S/C18H28FN3O3/c1-21(9-10-25-2)14-5-7-22(8-6-14)18(24)16(20)12-13-3-4-17(23)15(19)11-13/h3-4,11,14,16,23H,5-10,12,20H2,1-2H3. The number of rotatable bonds is 7. The maximum Gasteiger partial charge on any atom is 0.239 e. The molecule has 1 aliphatic rings. The molecule has 140 valence electrons. The first-order valence-corrected chi connectivity index (χ1v) is 8.63. The Morgan fingerprint density at radius 3 is 2.76 bits per heavy atom. The number of carbonyl (C=O) groups excluding carboxylic acids is 1. The van der Waals surface area contributed by atoms with Crippen LogP contribution in [0, 0.1) is 5.82 Å². The van der Waals surface area contributed by atoms with Gasteiger partial charge in [0.15, 0.2) is 11.6 Å². The minimum Gasteiger partial charge on any atom is -0.505 e. The van der Waals surface area contributed by atoms with Crippen molar-refractivity contribution in [3.63, 3.8) is 0 Å². The fourth-order valence-corrected chi connectivity index (χ4v) is 3.20. The van der Waals surface area contributed by atoms with Crippen LogP contribution < -0.4 is 5.73 Å². The summed E-state index contributed by atoms with van der Waals surface area (Å²) in [7, 11) is 3.77. The van der Waals surface area contributed by atoms with Crippen LogP contribution in [0.3, 0.4) is 0 Å². The number of halogens is 1. The number of piperidine rings is 1. The van der Waals surface area contributed by atoms with Gasteiger partial charge in [0.25, 0.3) is 0 Å². The van der Waals surface area contributed by atoms with Gasteiger partial charge in [0.2, 0.25) is 5.91 Å². The lowest BCUT2D eigenvalue weighted by Gasteiger charge is -2.37. The van der Waals surface area contributed by atoms with Gasteiger partial charge in [0.1, 0.15) is 0 Å². The molecule has 1 amide bonds. The molecular formula is C18H28FN3O3.